The van der Waals surface area contributed by atoms with Gasteiger partial charge in [-0.1, -0.05) is 0 Å². The minimum absolute atomic E-state index is 0.260. The van der Waals surface area contributed by atoms with Gasteiger partial charge in [-0.2, -0.15) is 0 Å². The van der Waals surface area contributed by atoms with Crippen LogP contribution in [-0.2, 0) is 4.74 Å². The molecule has 0 N–H and O–H groups in total. The van der Waals surface area contributed by atoms with Crippen LogP contribution in [0.3, 0.4) is 0 Å². The Morgan fingerprint density at radius 1 is 1.09 bits per heavy atom. The van der Waals surface area contributed by atoms with E-state index in [1.54, 1.807) is 6.21 Å². The Morgan fingerprint density at radius 2 is 1.91 bits per heavy atom. The van der Waals surface area contributed by atoms with Crippen LogP contribution in [0.5, 0.6) is 11.5 Å². The third-order valence-electron chi connectivity index (χ3n) is 3.68. The number of benzene rings is 1. The molecule has 120 valence electrons. The highest BCUT2D eigenvalue weighted by atomic mass is 79.9. The highest BCUT2D eigenvalue weighted by Crippen LogP contribution is 2.35. The van der Waals surface area contributed by atoms with Gasteiger partial charge in [0.2, 0.25) is 12.7 Å². The predicted octanol–water partition coefficient (Wildman–Crippen LogP) is 3.36. The van der Waals surface area contributed by atoms with Crippen molar-refractivity contribution in [1.82, 2.24) is 0 Å². The maximum atomic E-state index is 5.89. The van der Waals surface area contributed by atoms with Crippen LogP contribution >= 0.6 is 15.9 Å². The third kappa shape index (κ3) is 3.07. The minimum atomic E-state index is 0.260. The molecule has 7 heteroatoms. The molecular formula is C16H15BrN2O4. The summed E-state index contributed by atoms with van der Waals surface area (Å²) in [6.07, 6.45) is 1.70. The summed E-state index contributed by atoms with van der Waals surface area (Å²) in [4.78, 5) is 6.59. The lowest BCUT2D eigenvalue weighted by Crippen LogP contribution is -2.36. The van der Waals surface area contributed by atoms with Gasteiger partial charge in [-0.3, -0.25) is 4.99 Å². The first-order chi connectivity index (χ1) is 11.3. The molecule has 1 fully saturated rings. The molecule has 2 aromatic rings. The van der Waals surface area contributed by atoms with E-state index in [-0.39, 0.29) is 6.79 Å². The Labute approximate surface area is 141 Å². The largest absolute Gasteiger partial charge is 0.454 e. The Morgan fingerprint density at radius 3 is 2.78 bits per heavy atom. The molecule has 0 bridgehead atoms. The van der Waals surface area contributed by atoms with Crippen molar-refractivity contribution in [2.75, 3.05) is 38.0 Å². The van der Waals surface area contributed by atoms with Gasteiger partial charge in [0.1, 0.15) is 5.76 Å². The zero-order valence-electron chi connectivity index (χ0n) is 12.3. The summed E-state index contributed by atoms with van der Waals surface area (Å²) in [5.74, 6) is 2.98. The number of aliphatic imine (C=N–C) groups is 1. The van der Waals surface area contributed by atoms with Crippen LogP contribution in [0.2, 0.25) is 0 Å². The molecular weight excluding hydrogens is 364 g/mol. The van der Waals surface area contributed by atoms with Crippen molar-refractivity contribution in [3.8, 4) is 11.5 Å². The fraction of sp³-hybridized carbons (Fsp3) is 0.312. The van der Waals surface area contributed by atoms with Crippen molar-refractivity contribution in [3.05, 3.63) is 34.5 Å². The Bertz CT molecular complexity index is 738. The molecule has 0 atom stereocenters. The van der Waals surface area contributed by atoms with Gasteiger partial charge < -0.3 is 23.5 Å². The highest BCUT2D eigenvalue weighted by molar-refractivity contribution is 9.10. The number of morpholine rings is 1. The van der Waals surface area contributed by atoms with E-state index >= 15 is 0 Å². The normalized spacial score (nSPS) is 17.2. The predicted molar refractivity (Wildman–Crippen MR) is 89.3 cm³/mol. The Kier molecular flexibility index (Phi) is 3.97. The number of fused-ring (bicyclic) bond motifs is 1. The molecule has 2 aliphatic rings. The number of nitrogens with zero attached hydrogens (tertiary/aromatic N) is 2. The summed E-state index contributed by atoms with van der Waals surface area (Å²) >= 11 is 3.55. The molecule has 0 spiro atoms. The van der Waals surface area contributed by atoms with E-state index in [1.807, 2.05) is 24.3 Å². The third-order valence-corrected chi connectivity index (χ3v) is 4.25. The van der Waals surface area contributed by atoms with Gasteiger partial charge in [-0.15, -0.1) is 0 Å². The average Bonchev–Trinajstić information content (AvgIpc) is 3.19. The lowest BCUT2D eigenvalue weighted by molar-refractivity contribution is 0.120. The van der Waals surface area contributed by atoms with Crippen LogP contribution in [0.1, 0.15) is 5.76 Å². The maximum absolute atomic E-state index is 5.89. The molecule has 23 heavy (non-hydrogen) atoms. The molecule has 0 radical (unpaired) electrons. The van der Waals surface area contributed by atoms with E-state index < -0.39 is 0 Å². The van der Waals surface area contributed by atoms with Crippen LogP contribution in [-0.4, -0.2) is 39.3 Å². The number of ether oxygens (including phenoxy) is 3. The van der Waals surface area contributed by atoms with Gasteiger partial charge in [-0.25, -0.2) is 0 Å². The number of furan rings is 1. The van der Waals surface area contributed by atoms with E-state index in [4.69, 9.17) is 18.6 Å². The zero-order valence-corrected chi connectivity index (χ0v) is 13.9. The SMILES string of the molecule is Brc1cc(C=Nc2ccc3c(c2)OCO3)oc1N1CCOCC1. The number of hydrogen-bond acceptors (Lipinski definition) is 6. The summed E-state index contributed by atoms with van der Waals surface area (Å²) in [6.45, 7) is 3.34. The van der Waals surface area contributed by atoms with E-state index in [0.29, 0.717) is 24.7 Å². The first kappa shape index (κ1) is 14.6. The summed E-state index contributed by atoms with van der Waals surface area (Å²) < 4.78 is 22.8. The van der Waals surface area contributed by atoms with E-state index in [1.165, 1.54) is 0 Å². The van der Waals surface area contributed by atoms with E-state index in [2.05, 4.69) is 25.8 Å². The Hall–Kier alpha value is -1.99. The molecule has 0 aliphatic carbocycles. The molecule has 2 aliphatic heterocycles. The second kappa shape index (κ2) is 6.25. The number of rotatable bonds is 3. The van der Waals surface area contributed by atoms with Crippen molar-refractivity contribution in [3.63, 3.8) is 0 Å². The molecule has 1 aromatic heterocycles. The first-order valence-corrected chi connectivity index (χ1v) is 8.15. The minimum Gasteiger partial charge on any atom is -0.454 e. The topological polar surface area (TPSA) is 56.4 Å². The van der Waals surface area contributed by atoms with Gasteiger partial charge in [-0.05, 0) is 28.1 Å². The van der Waals surface area contributed by atoms with Crippen molar-refractivity contribution in [1.29, 1.82) is 0 Å². The smallest absolute Gasteiger partial charge is 0.231 e. The highest BCUT2D eigenvalue weighted by Gasteiger charge is 2.18. The fourth-order valence-corrected chi connectivity index (χ4v) is 3.08. The summed E-state index contributed by atoms with van der Waals surface area (Å²) in [5.41, 5.74) is 0.787. The molecule has 0 saturated carbocycles. The van der Waals surface area contributed by atoms with Crippen LogP contribution in [0.25, 0.3) is 0 Å². The Balaban J connectivity index is 1.52. The first-order valence-electron chi connectivity index (χ1n) is 7.35. The molecule has 0 amide bonds. The van der Waals surface area contributed by atoms with E-state index in [0.717, 1.165) is 34.9 Å². The van der Waals surface area contributed by atoms with Crippen molar-refractivity contribution in [2.45, 2.75) is 0 Å². The number of halogens is 1. The van der Waals surface area contributed by atoms with Crippen molar-refractivity contribution >= 4 is 33.7 Å². The second-order valence-corrected chi connectivity index (χ2v) is 6.05. The fourth-order valence-electron chi connectivity index (χ4n) is 2.53. The molecule has 1 saturated heterocycles. The molecule has 3 heterocycles. The lowest BCUT2D eigenvalue weighted by Gasteiger charge is -2.26. The van der Waals surface area contributed by atoms with Gasteiger partial charge in [0.15, 0.2) is 11.5 Å². The summed E-state index contributed by atoms with van der Waals surface area (Å²) in [7, 11) is 0. The standard InChI is InChI=1S/C16H15BrN2O4/c17-13-8-12(23-16(13)19-3-5-20-6-4-19)9-18-11-1-2-14-15(7-11)22-10-21-14/h1-2,7-9H,3-6,10H2. The summed E-state index contributed by atoms with van der Waals surface area (Å²) in [6, 6.07) is 7.50. The van der Waals surface area contributed by atoms with Crippen LogP contribution in [0, 0.1) is 0 Å². The molecule has 4 rings (SSSR count). The van der Waals surface area contributed by atoms with Crippen molar-refractivity contribution < 1.29 is 18.6 Å². The molecule has 6 nitrogen and oxygen atoms in total. The maximum Gasteiger partial charge on any atom is 0.231 e. The van der Waals surface area contributed by atoms with Gasteiger partial charge in [0.25, 0.3) is 0 Å². The zero-order chi connectivity index (χ0) is 15.6. The van der Waals surface area contributed by atoms with Crippen LogP contribution < -0.4 is 14.4 Å². The second-order valence-electron chi connectivity index (χ2n) is 5.20. The molecule has 0 unspecified atom stereocenters. The van der Waals surface area contributed by atoms with Crippen molar-refractivity contribution in [2.24, 2.45) is 4.99 Å². The number of hydrogen-bond donors (Lipinski definition) is 0. The van der Waals surface area contributed by atoms with Gasteiger partial charge in [0, 0.05) is 25.2 Å². The average molecular weight is 379 g/mol. The van der Waals surface area contributed by atoms with E-state index in [9.17, 15) is 0 Å². The monoisotopic (exact) mass is 378 g/mol. The van der Waals surface area contributed by atoms with Gasteiger partial charge in [0.05, 0.1) is 29.6 Å². The van der Waals surface area contributed by atoms with Gasteiger partial charge >= 0.3 is 0 Å². The van der Waals surface area contributed by atoms with Crippen LogP contribution in [0.15, 0.2) is 38.1 Å². The lowest BCUT2D eigenvalue weighted by atomic mass is 10.3. The molecule has 1 aromatic carbocycles. The summed E-state index contributed by atoms with van der Waals surface area (Å²) in [5, 5.41) is 0. The number of anilines is 1. The van der Waals surface area contributed by atoms with Crippen LogP contribution in [0.4, 0.5) is 11.6 Å². The quantitative estimate of drug-likeness (QED) is 0.766.